The van der Waals surface area contributed by atoms with E-state index in [-0.39, 0.29) is 5.82 Å². The molecule has 3 aromatic rings. The average molecular weight is 240 g/mol. The molecule has 0 fully saturated rings. The maximum atomic E-state index is 13.9. The summed E-state index contributed by atoms with van der Waals surface area (Å²) in [5.41, 5.74) is 9.07. The summed E-state index contributed by atoms with van der Waals surface area (Å²) in [6, 6.07) is 12.8. The quantitative estimate of drug-likeness (QED) is 0.666. The van der Waals surface area contributed by atoms with E-state index in [1.54, 1.807) is 6.07 Å². The van der Waals surface area contributed by atoms with Gasteiger partial charge in [0.2, 0.25) is 0 Å². The Kier molecular flexibility index (Phi) is 2.33. The molecular weight excluding hydrogens is 227 g/mol. The van der Waals surface area contributed by atoms with E-state index in [0.717, 1.165) is 22.0 Å². The standard InChI is InChI=1S/C15H13FN2/c1-9-3-2-4-12(16)15(9)11-6-5-10-8-14(17)18-13(10)7-11/h2-8,18H,17H2,1H3. The van der Waals surface area contributed by atoms with E-state index < -0.39 is 0 Å². The van der Waals surface area contributed by atoms with Crippen molar-refractivity contribution >= 4 is 16.7 Å². The number of anilines is 1. The van der Waals surface area contributed by atoms with Gasteiger partial charge in [0, 0.05) is 16.5 Å². The molecule has 0 aliphatic carbocycles. The van der Waals surface area contributed by atoms with Gasteiger partial charge in [0.25, 0.3) is 0 Å². The summed E-state index contributed by atoms with van der Waals surface area (Å²) in [5.74, 6) is 0.418. The van der Waals surface area contributed by atoms with E-state index in [1.165, 1.54) is 6.07 Å². The van der Waals surface area contributed by atoms with Crippen LogP contribution in [0.5, 0.6) is 0 Å². The lowest BCUT2D eigenvalue weighted by Crippen LogP contribution is -1.88. The van der Waals surface area contributed by atoms with Crippen LogP contribution in [0.2, 0.25) is 0 Å². The minimum absolute atomic E-state index is 0.200. The van der Waals surface area contributed by atoms with Crippen molar-refractivity contribution in [2.45, 2.75) is 6.92 Å². The minimum atomic E-state index is -0.200. The largest absolute Gasteiger partial charge is 0.385 e. The summed E-state index contributed by atoms with van der Waals surface area (Å²) < 4.78 is 13.9. The molecule has 0 unspecified atom stereocenters. The highest BCUT2D eigenvalue weighted by Gasteiger charge is 2.09. The first kappa shape index (κ1) is 10.8. The number of aromatic amines is 1. The molecule has 0 radical (unpaired) electrons. The van der Waals surface area contributed by atoms with Crippen molar-refractivity contribution in [2.75, 3.05) is 5.73 Å². The Morgan fingerprint density at radius 1 is 1.11 bits per heavy atom. The van der Waals surface area contributed by atoms with Gasteiger partial charge in [-0.3, -0.25) is 0 Å². The normalized spacial score (nSPS) is 11.0. The van der Waals surface area contributed by atoms with E-state index in [1.807, 2.05) is 37.3 Å². The summed E-state index contributed by atoms with van der Waals surface area (Å²) in [4.78, 5) is 3.06. The molecule has 0 aliphatic heterocycles. The number of benzene rings is 2. The number of H-pyrrole nitrogens is 1. The summed E-state index contributed by atoms with van der Waals surface area (Å²) in [7, 11) is 0. The van der Waals surface area contributed by atoms with Crippen molar-refractivity contribution in [3.05, 3.63) is 53.8 Å². The Bertz CT molecular complexity index is 708. The van der Waals surface area contributed by atoms with Gasteiger partial charge in [-0.05, 0) is 36.2 Å². The number of hydrogen-bond donors (Lipinski definition) is 2. The minimum Gasteiger partial charge on any atom is -0.385 e. The second-order valence-electron chi connectivity index (χ2n) is 4.46. The summed E-state index contributed by atoms with van der Waals surface area (Å²) in [6.07, 6.45) is 0. The fourth-order valence-electron chi connectivity index (χ4n) is 2.30. The Balaban J connectivity index is 2.25. The Morgan fingerprint density at radius 2 is 1.94 bits per heavy atom. The molecule has 2 aromatic carbocycles. The molecule has 18 heavy (non-hydrogen) atoms. The second kappa shape index (κ2) is 3.88. The molecule has 1 heterocycles. The summed E-state index contributed by atoms with van der Waals surface area (Å²) >= 11 is 0. The van der Waals surface area contributed by atoms with Crippen molar-refractivity contribution in [1.82, 2.24) is 4.98 Å². The van der Waals surface area contributed by atoms with Crippen LogP contribution in [0.15, 0.2) is 42.5 Å². The Hall–Kier alpha value is -2.29. The van der Waals surface area contributed by atoms with Gasteiger partial charge >= 0.3 is 0 Å². The zero-order valence-electron chi connectivity index (χ0n) is 10.00. The summed E-state index contributed by atoms with van der Waals surface area (Å²) in [5, 5.41) is 1.03. The van der Waals surface area contributed by atoms with Crippen LogP contribution in [-0.2, 0) is 0 Å². The highest BCUT2D eigenvalue weighted by molar-refractivity contribution is 5.88. The molecule has 0 amide bonds. The van der Waals surface area contributed by atoms with Crippen LogP contribution in [0.4, 0.5) is 10.2 Å². The first-order valence-electron chi connectivity index (χ1n) is 5.79. The lowest BCUT2D eigenvalue weighted by molar-refractivity contribution is 0.630. The van der Waals surface area contributed by atoms with E-state index in [4.69, 9.17) is 5.73 Å². The van der Waals surface area contributed by atoms with Gasteiger partial charge in [-0.15, -0.1) is 0 Å². The van der Waals surface area contributed by atoms with Crippen molar-refractivity contribution < 1.29 is 4.39 Å². The number of rotatable bonds is 1. The lowest BCUT2D eigenvalue weighted by Gasteiger charge is -2.07. The molecule has 0 bridgehead atoms. The van der Waals surface area contributed by atoms with Gasteiger partial charge in [-0.2, -0.15) is 0 Å². The van der Waals surface area contributed by atoms with Crippen molar-refractivity contribution in [1.29, 1.82) is 0 Å². The Morgan fingerprint density at radius 3 is 2.72 bits per heavy atom. The number of nitrogens with one attached hydrogen (secondary N) is 1. The van der Waals surface area contributed by atoms with Gasteiger partial charge in [0.05, 0.1) is 0 Å². The predicted octanol–water partition coefficient (Wildman–Crippen LogP) is 3.86. The average Bonchev–Trinajstić information content (AvgIpc) is 2.68. The van der Waals surface area contributed by atoms with Crippen LogP contribution in [-0.4, -0.2) is 4.98 Å². The molecule has 2 nitrogen and oxygen atoms in total. The molecular formula is C15H13FN2. The number of nitrogen functional groups attached to an aromatic ring is 1. The van der Waals surface area contributed by atoms with Gasteiger partial charge in [0.15, 0.2) is 0 Å². The van der Waals surface area contributed by atoms with Crippen LogP contribution >= 0.6 is 0 Å². The molecule has 0 atom stereocenters. The molecule has 90 valence electrons. The van der Waals surface area contributed by atoms with Crippen LogP contribution in [0.3, 0.4) is 0 Å². The van der Waals surface area contributed by atoms with Crippen LogP contribution < -0.4 is 5.73 Å². The fourth-order valence-corrected chi connectivity index (χ4v) is 2.30. The second-order valence-corrected chi connectivity index (χ2v) is 4.46. The molecule has 3 N–H and O–H groups in total. The van der Waals surface area contributed by atoms with Gasteiger partial charge in [-0.25, -0.2) is 4.39 Å². The molecule has 0 spiro atoms. The molecule has 3 heteroatoms. The number of aromatic nitrogens is 1. The zero-order valence-corrected chi connectivity index (χ0v) is 10.00. The van der Waals surface area contributed by atoms with E-state index >= 15 is 0 Å². The lowest BCUT2D eigenvalue weighted by atomic mass is 9.99. The smallest absolute Gasteiger partial charge is 0.131 e. The third-order valence-electron chi connectivity index (χ3n) is 3.15. The van der Waals surface area contributed by atoms with Crippen LogP contribution in [0.25, 0.3) is 22.0 Å². The SMILES string of the molecule is Cc1cccc(F)c1-c1ccc2cc(N)[nH]c2c1. The predicted molar refractivity (Wildman–Crippen MR) is 72.8 cm³/mol. The summed E-state index contributed by atoms with van der Waals surface area (Å²) in [6.45, 7) is 1.91. The van der Waals surface area contributed by atoms with E-state index in [2.05, 4.69) is 4.98 Å². The first-order valence-corrected chi connectivity index (χ1v) is 5.79. The fraction of sp³-hybridized carbons (Fsp3) is 0.0667. The number of aryl methyl sites for hydroxylation is 1. The van der Waals surface area contributed by atoms with Gasteiger partial charge < -0.3 is 10.7 Å². The highest BCUT2D eigenvalue weighted by Crippen LogP contribution is 2.29. The number of halogens is 1. The molecule has 3 rings (SSSR count). The molecule has 0 saturated heterocycles. The number of hydrogen-bond acceptors (Lipinski definition) is 1. The highest BCUT2D eigenvalue weighted by atomic mass is 19.1. The topological polar surface area (TPSA) is 41.8 Å². The van der Waals surface area contributed by atoms with Gasteiger partial charge in [-0.1, -0.05) is 24.3 Å². The maximum Gasteiger partial charge on any atom is 0.131 e. The molecule has 0 saturated carbocycles. The Labute approximate surface area is 104 Å². The van der Waals surface area contributed by atoms with Crippen molar-refractivity contribution in [3.63, 3.8) is 0 Å². The number of nitrogens with two attached hydrogens (primary N) is 1. The maximum absolute atomic E-state index is 13.9. The van der Waals surface area contributed by atoms with Crippen LogP contribution in [0, 0.1) is 12.7 Å². The molecule has 1 aromatic heterocycles. The third kappa shape index (κ3) is 1.64. The van der Waals surface area contributed by atoms with Crippen LogP contribution in [0.1, 0.15) is 5.56 Å². The third-order valence-corrected chi connectivity index (χ3v) is 3.15. The molecule has 0 aliphatic rings. The van der Waals surface area contributed by atoms with Gasteiger partial charge in [0.1, 0.15) is 11.6 Å². The zero-order chi connectivity index (χ0) is 12.7. The number of fused-ring (bicyclic) bond motifs is 1. The van der Waals surface area contributed by atoms with E-state index in [0.29, 0.717) is 11.4 Å². The first-order chi connectivity index (χ1) is 8.65. The van der Waals surface area contributed by atoms with E-state index in [9.17, 15) is 4.39 Å². The van der Waals surface area contributed by atoms with Crippen molar-refractivity contribution in [3.8, 4) is 11.1 Å². The van der Waals surface area contributed by atoms with Crippen molar-refractivity contribution in [2.24, 2.45) is 0 Å². The monoisotopic (exact) mass is 240 g/mol.